The normalized spacial score (nSPS) is 14.5. The van der Waals surface area contributed by atoms with Crippen LogP contribution in [0.25, 0.3) is 6.08 Å². The molecule has 178 valence electrons. The van der Waals surface area contributed by atoms with Crippen LogP contribution in [0.1, 0.15) is 11.1 Å². The van der Waals surface area contributed by atoms with E-state index in [0.717, 1.165) is 17.3 Å². The van der Waals surface area contributed by atoms with Crippen molar-refractivity contribution in [2.45, 2.75) is 6.61 Å². The highest BCUT2D eigenvalue weighted by molar-refractivity contribution is 9.10. The number of carbonyl (C=O) groups is 1. The summed E-state index contributed by atoms with van der Waals surface area (Å²) in [7, 11) is 1.54. The summed E-state index contributed by atoms with van der Waals surface area (Å²) >= 11 is 16.0. The molecule has 0 atom stereocenters. The van der Waals surface area contributed by atoms with E-state index in [4.69, 9.17) is 33.3 Å². The smallest absolute Gasteiger partial charge is 0.270 e. The maximum absolute atomic E-state index is 13.1. The summed E-state index contributed by atoms with van der Waals surface area (Å²) in [4.78, 5) is 25.3. The van der Waals surface area contributed by atoms with Crippen LogP contribution >= 0.6 is 51.5 Å². The molecule has 4 rings (SSSR count). The molecule has 3 aromatic rings. The minimum absolute atomic E-state index is 0.0656. The second-order valence-corrected chi connectivity index (χ2v) is 10.2. The molecule has 0 unspecified atom stereocenters. The molecule has 1 aliphatic rings. The minimum atomic E-state index is -0.498. The summed E-state index contributed by atoms with van der Waals surface area (Å²) in [6.07, 6.45) is 1.71. The molecule has 35 heavy (non-hydrogen) atoms. The van der Waals surface area contributed by atoms with Crippen LogP contribution in [0.2, 0.25) is 5.02 Å². The molecule has 11 heteroatoms. The lowest BCUT2D eigenvalue weighted by molar-refractivity contribution is -0.384. The van der Waals surface area contributed by atoms with Gasteiger partial charge in [0.05, 0.1) is 22.6 Å². The molecule has 0 aliphatic carbocycles. The Morgan fingerprint density at radius 3 is 2.46 bits per heavy atom. The number of hydrogen-bond donors (Lipinski definition) is 0. The molecule has 1 amide bonds. The van der Waals surface area contributed by atoms with Gasteiger partial charge in [0.2, 0.25) is 0 Å². The summed E-state index contributed by atoms with van der Waals surface area (Å²) in [5, 5.41) is 11.6. The van der Waals surface area contributed by atoms with Gasteiger partial charge in [0.15, 0.2) is 15.8 Å². The SMILES string of the molecule is COc1cc(C=C2SC(=S)N(c3ccc([N+](=O)[O-])cc3)C2=O)c(Br)cc1OCc1ccc(Cl)cc1. The van der Waals surface area contributed by atoms with Crippen LogP contribution in [0.5, 0.6) is 11.5 Å². The van der Waals surface area contributed by atoms with Crippen molar-refractivity contribution in [2.24, 2.45) is 0 Å². The number of hydrogen-bond acceptors (Lipinski definition) is 7. The fourth-order valence-electron chi connectivity index (χ4n) is 3.23. The highest BCUT2D eigenvalue weighted by atomic mass is 79.9. The molecule has 1 fully saturated rings. The molecular formula is C24H16BrClN2O5S2. The number of nitrogens with zero attached hydrogens (tertiary/aromatic N) is 2. The number of thioether (sulfide) groups is 1. The van der Waals surface area contributed by atoms with Crippen molar-refractivity contribution < 1.29 is 19.2 Å². The Morgan fingerprint density at radius 1 is 1.14 bits per heavy atom. The summed E-state index contributed by atoms with van der Waals surface area (Å²) in [6.45, 7) is 0.327. The first-order valence-corrected chi connectivity index (χ1v) is 12.4. The number of ether oxygens (including phenoxy) is 2. The van der Waals surface area contributed by atoms with E-state index in [1.54, 1.807) is 30.3 Å². The van der Waals surface area contributed by atoms with Crippen molar-refractivity contribution in [3.05, 3.63) is 96.3 Å². The number of anilines is 1. The number of methoxy groups -OCH3 is 1. The standard InChI is InChI=1S/C24H16BrClN2O5S2/c1-32-20-10-15(19(25)12-21(20)33-13-14-2-4-16(26)5-3-14)11-22-23(29)27(24(34)35-22)17-6-8-18(9-7-17)28(30)31/h2-12H,13H2,1H3. The molecule has 0 bridgehead atoms. The summed E-state index contributed by atoms with van der Waals surface area (Å²) in [5.41, 5.74) is 2.05. The molecule has 0 saturated carbocycles. The average Bonchev–Trinajstić information content (AvgIpc) is 3.12. The van der Waals surface area contributed by atoms with Gasteiger partial charge in [-0.2, -0.15) is 0 Å². The summed E-state index contributed by atoms with van der Waals surface area (Å²) in [5.74, 6) is 0.715. The van der Waals surface area contributed by atoms with Gasteiger partial charge in [-0.1, -0.05) is 63.6 Å². The minimum Gasteiger partial charge on any atom is -0.493 e. The highest BCUT2D eigenvalue weighted by Gasteiger charge is 2.33. The first kappa shape index (κ1) is 25.2. The number of carbonyl (C=O) groups excluding carboxylic acids is 1. The predicted molar refractivity (Wildman–Crippen MR) is 145 cm³/mol. The van der Waals surface area contributed by atoms with E-state index in [-0.39, 0.29) is 11.6 Å². The quantitative estimate of drug-likeness (QED) is 0.127. The van der Waals surface area contributed by atoms with Gasteiger partial charge < -0.3 is 9.47 Å². The zero-order valence-corrected chi connectivity index (χ0v) is 22.0. The van der Waals surface area contributed by atoms with Crippen molar-refractivity contribution in [3.63, 3.8) is 0 Å². The van der Waals surface area contributed by atoms with Crippen molar-refractivity contribution in [1.82, 2.24) is 0 Å². The maximum atomic E-state index is 13.1. The Hall–Kier alpha value is -2.92. The zero-order chi connectivity index (χ0) is 25.1. The van der Waals surface area contributed by atoms with E-state index in [9.17, 15) is 14.9 Å². The summed E-state index contributed by atoms with van der Waals surface area (Å²) < 4.78 is 12.5. The van der Waals surface area contributed by atoms with Crippen LogP contribution in [-0.4, -0.2) is 22.3 Å². The van der Waals surface area contributed by atoms with Gasteiger partial charge in [-0.3, -0.25) is 19.8 Å². The number of halogens is 2. The number of amides is 1. The van der Waals surface area contributed by atoms with Crippen molar-refractivity contribution >= 4 is 79.2 Å². The molecule has 1 saturated heterocycles. The molecule has 1 heterocycles. The van der Waals surface area contributed by atoms with Crippen LogP contribution in [0.15, 0.2) is 70.0 Å². The van der Waals surface area contributed by atoms with E-state index in [1.807, 2.05) is 12.1 Å². The monoisotopic (exact) mass is 590 g/mol. The van der Waals surface area contributed by atoms with Gasteiger partial charge in [-0.25, -0.2) is 0 Å². The third kappa shape index (κ3) is 5.67. The fraction of sp³-hybridized carbons (Fsp3) is 0.0833. The average molecular weight is 592 g/mol. The van der Waals surface area contributed by atoms with Crippen molar-refractivity contribution in [2.75, 3.05) is 12.0 Å². The number of nitro groups is 1. The predicted octanol–water partition coefficient (Wildman–Crippen LogP) is 7.00. The number of thiocarbonyl (C=S) groups is 1. The fourth-order valence-corrected chi connectivity index (χ4v) is 5.08. The van der Waals surface area contributed by atoms with Gasteiger partial charge in [-0.15, -0.1) is 0 Å². The molecule has 0 radical (unpaired) electrons. The van der Waals surface area contributed by atoms with E-state index >= 15 is 0 Å². The van der Waals surface area contributed by atoms with E-state index < -0.39 is 4.92 Å². The first-order chi connectivity index (χ1) is 16.8. The van der Waals surface area contributed by atoms with Crippen LogP contribution in [0.3, 0.4) is 0 Å². The molecular weight excluding hydrogens is 576 g/mol. The van der Waals surface area contributed by atoms with E-state index in [1.165, 1.54) is 36.3 Å². The maximum Gasteiger partial charge on any atom is 0.270 e. The number of nitro benzene ring substituents is 1. The number of rotatable bonds is 7. The Labute approximate surface area is 223 Å². The topological polar surface area (TPSA) is 81.9 Å². The van der Waals surface area contributed by atoms with Crippen LogP contribution in [0, 0.1) is 10.1 Å². The third-order valence-electron chi connectivity index (χ3n) is 4.99. The molecule has 7 nitrogen and oxygen atoms in total. The lowest BCUT2D eigenvalue weighted by atomic mass is 10.1. The number of benzene rings is 3. The molecule has 3 aromatic carbocycles. The lowest BCUT2D eigenvalue weighted by Crippen LogP contribution is -2.27. The first-order valence-electron chi connectivity index (χ1n) is 10.0. The molecule has 0 spiro atoms. The second kappa shape index (κ2) is 10.8. The molecule has 0 N–H and O–H groups in total. The highest BCUT2D eigenvalue weighted by Crippen LogP contribution is 2.40. The van der Waals surface area contributed by atoms with Crippen molar-refractivity contribution in [1.29, 1.82) is 0 Å². The van der Waals surface area contributed by atoms with Crippen LogP contribution in [0.4, 0.5) is 11.4 Å². The van der Waals surface area contributed by atoms with Gasteiger partial charge in [-0.05, 0) is 53.6 Å². The van der Waals surface area contributed by atoms with Crippen LogP contribution in [-0.2, 0) is 11.4 Å². The van der Waals surface area contributed by atoms with Gasteiger partial charge in [0.25, 0.3) is 11.6 Å². The van der Waals surface area contributed by atoms with E-state index in [2.05, 4.69) is 15.9 Å². The van der Waals surface area contributed by atoms with E-state index in [0.29, 0.717) is 48.1 Å². The zero-order valence-electron chi connectivity index (χ0n) is 18.1. The third-order valence-corrected chi connectivity index (χ3v) is 7.23. The summed E-state index contributed by atoms with van der Waals surface area (Å²) in [6, 6.07) is 16.6. The lowest BCUT2D eigenvalue weighted by Gasteiger charge is -2.14. The Balaban J connectivity index is 1.56. The Kier molecular flexibility index (Phi) is 7.75. The van der Waals surface area contributed by atoms with Gasteiger partial charge in [0, 0.05) is 21.6 Å². The largest absolute Gasteiger partial charge is 0.493 e. The second-order valence-electron chi connectivity index (χ2n) is 7.23. The van der Waals surface area contributed by atoms with Crippen LogP contribution < -0.4 is 14.4 Å². The molecule has 0 aromatic heterocycles. The van der Waals surface area contributed by atoms with Gasteiger partial charge >= 0.3 is 0 Å². The Bertz CT molecular complexity index is 1350. The Morgan fingerprint density at radius 2 is 1.83 bits per heavy atom. The van der Waals surface area contributed by atoms with Gasteiger partial charge in [0.1, 0.15) is 6.61 Å². The number of non-ortho nitro benzene ring substituents is 1. The van der Waals surface area contributed by atoms with Crippen molar-refractivity contribution in [3.8, 4) is 11.5 Å². The molecule has 1 aliphatic heterocycles.